The average molecular weight is 232 g/mol. The van der Waals surface area contributed by atoms with E-state index in [4.69, 9.17) is 0 Å². The van der Waals surface area contributed by atoms with Crippen LogP contribution in [0.15, 0.2) is 11.6 Å². The van der Waals surface area contributed by atoms with Gasteiger partial charge in [-0.05, 0) is 42.9 Å². The molecule has 2 fully saturated rings. The van der Waals surface area contributed by atoms with Gasteiger partial charge in [0.15, 0.2) is 0 Å². The highest BCUT2D eigenvalue weighted by molar-refractivity contribution is 5.94. The predicted molar refractivity (Wildman–Crippen MR) is 69.7 cm³/mol. The topological polar surface area (TPSA) is 17.1 Å². The molecule has 2 unspecified atom stereocenters. The van der Waals surface area contributed by atoms with E-state index in [1.165, 1.54) is 18.4 Å². The van der Waals surface area contributed by atoms with E-state index >= 15 is 0 Å². The molecular formula is C16H24O. The summed E-state index contributed by atoms with van der Waals surface area (Å²) in [6.07, 6.45) is 8.08. The van der Waals surface area contributed by atoms with Crippen LogP contribution in [0.4, 0.5) is 0 Å². The molecule has 0 saturated heterocycles. The van der Waals surface area contributed by atoms with Crippen molar-refractivity contribution in [3.63, 3.8) is 0 Å². The van der Waals surface area contributed by atoms with Gasteiger partial charge in [0.1, 0.15) is 5.78 Å². The van der Waals surface area contributed by atoms with Crippen LogP contribution < -0.4 is 0 Å². The van der Waals surface area contributed by atoms with E-state index in [2.05, 4.69) is 33.8 Å². The summed E-state index contributed by atoms with van der Waals surface area (Å²) in [5.74, 6) is 0.913. The highest BCUT2D eigenvalue weighted by atomic mass is 16.1. The first-order chi connectivity index (χ1) is 7.77. The van der Waals surface area contributed by atoms with Crippen LogP contribution in [0, 0.1) is 22.2 Å². The van der Waals surface area contributed by atoms with Crippen LogP contribution in [0.25, 0.3) is 0 Å². The van der Waals surface area contributed by atoms with Crippen molar-refractivity contribution in [1.29, 1.82) is 0 Å². The maximum atomic E-state index is 12.7. The number of carbonyl (C=O) groups is 1. The molecule has 1 nitrogen and oxygen atoms in total. The van der Waals surface area contributed by atoms with Gasteiger partial charge in [-0.25, -0.2) is 0 Å². The van der Waals surface area contributed by atoms with Crippen molar-refractivity contribution < 1.29 is 4.79 Å². The summed E-state index contributed by atoms with van der Waals surface area (Å²) in [4.78, 5) is 12.7. The summed E-state index contributed by atoms with van der Waals surface area (Å²) >= 11 is 0. The molecule has 0 radical (unpaired) electrons. The van der Waals surface area contributed by atoms with Crippen molar-refractivity contribution in [2.24, 2.45) is 22.2 Å². The van der Waals surface area contributed by atoms with Gasteiger partial charge in [0.05, 0.1) is 5.41 Å². The summed E-state index contributed by atoms with van der Waals surface area (Å²) in [6.45, 7) is 9.22. The second kappa shape index (κ2) is 3.05. The Morgan fingerprint density at radius 1 is 1.18 bits per heavy atom. The Hall–Kier alpha value is -0.590. The third-order valence-electron chi connectivity index (χ3n) is 5.57. The van der Waals surface area contributed by atoms with Gasteiger partial charge in [0.25, 0.3) is 0 Å². The van der Waals surface area contributed by atoms with Crippen LogP contribution in [-0.2, 0) is 4.79 Å². The van der Waals surface area contributed by atoms with E-state index in [0.29, 0.717) is 17.1 Å². The molecule has 2 bridgehead atoms. The van der Waals surface area contributed by atoms with Gasteiger partial charge < -0.3 is 0 Å². The lowest BCUT2D eigenvalue weighted by atomic mass is 9.61. The zero-order chi connectivity index (χ0) is 12.5. The molecule has 1 heteroatoms. The third-order valence-corrected chi connectivity index (χ3v) is 5.57. The lowest BCUT2D eigenvalue weighted by molar-refractivity contribution is -0.130. The fourth-order valence-corrected chi connectivity index (χ4v) is 4.67. The van der Waals surface area contributed by atoms with Gasteiger partial charge in [0, 0.05) is 5.92 Å². The Labute approximate surface area is 105 Å². The number of hydrogen-bond donors (Lipinski definition) is 0. The Kier molecular flexibility index (Phi) is 2.06. The van der Waals surface area contributed by atoms with Crippen LogP contribution >= 0.6 is 0 Å². The molecule has 1 spiro atoms. The quantitative estimate of drug-likeness (QED) is 0.574. The van der Waals surface area contributed by atoms with Crippen molar-refractivity contribution >= 4 is 5.78 Å². The lowest BCUT2D eigenvalue weighted by Gasteiger charge is -2.42. The minimum Gasteiger partial charge on any atom is -0.298 e. The highest BCUT2D eigenvalue weighted by Crippen LogP contribution is 2.64. The molecule has 3 rings (SSSR count). The Balaban J connectivity index is 2.10. The fraction of sp³-hybridized carbons (Fsp3) is 0.812. The first kappa shape index (κ1) is 11.5. The normalized spacial score (nSPS) is 42.0. The molecule has 2 atom stereocenters. The second-order valence-electron chi connectivity index (χ2n) is 7.86. The number of ketones is 1. The Bertz CT molecular complexity index is 413. The van der Waals surface area contributed by atoms with Crippen molar-refractivity contribution in [3.05, 3.63) is 11.6 Å². The summed E-state index contributed by atoms with van der Waals surface area (Å²) < 4.78 is 0. The van der Waals surface area contributed by atoms with Crippen molar-refractivity contribution in [1.82, 2.24) is 0 Å². The first-order valence-corrected chi connectivity index (χ1v) is 7.03. The zero-order valence-corrected chi connectivity index (χ0v) is 11.6. The van der Waals surface area contributed by atoms with E-state index in [1.54, 1.807) is 0 Å². The molecule has 2 saturated carbocycles. The first-order valence-electron chi connectivity index (χ1n) is 7.03. The van der Waals surface area contributed by atoms with Gasteiger partial charge in [-0.1, -0.05) is 39.3 Å². The molecule has 0 aromatic carbocycles. The smallest absolute Gasteiger partial charge is 0.146 e. The number of rotatable bonds is 0. The van der Waals surface area contributed by atoms with Gasteiger partial charge in [-0.2, -0.15) is 0 Å². The van der Waals surface area contributed by atoms with Gasteiger partial charge in [-0.3, -0.25) is 4.79 Å². The summed E-state index contributed by atoms with van der Waals surface area (Å²) in [7, 11) is 0. The number of allylic oxidation sites excluding steroid dienone is 2. The van der Waals surface area contributed by atoms with Crippen molar-refractivity contribution in [2.75, 3.05) is 0 Å². The van der Waals surface area contributed by atoms with Crippen LogP contribution in [0.2, 0.25) is 0 Å². The van der Waals surface area contributed by atoms with E-state index in [0.717, 1.165) is 19.3 Å². The fourth-order valence-electron chi connectivity index (χ4n) is 4.67. The minimum atomic E-state index is -0.0397. The zero-order valence-electron chi connectivity index (χ0n) is 11.6. The maximum Gasteiger partial charge on any atom is 0.146 e. The molecule has 94 valence electrons. The van der Waals surface area contributed by atoms with E-state index in [1.807, 2.05) is 0 Å². The SMILES string of the molecule is CC1(C)C=C2CCC3C(=O)C2(CC1)CC3(C)C. The van der Waals surface area contributed by atoms with Crippen LogP contribution in [0.5, 0.6) is 0 Å². The molecular weight excluding hydrogens is 208 g/mol. The summed E-state index contributed by atoms with van der Waals surface area (Å²) in [6, 6.07) is 0. The van der Waals surface area contributed by atoms with Crippen LogP contribution in [0.3, 0.4) is 0 Å². The van der Waals surface area contributed by atoms with Gasteiger partial charge >= 0.3 is 0 Å². The van der Waals surface area contributed by atoms with Crippen LogP contribution in [-0.4, -0.2) is 5.78 Å². The molecule has 3 aliphatic carbocycles. The maximum absolute atomic E-state index is 12.7. The third kappa shape index (κ3) is 1.41. The Morgan fingerprint density at radius 2 is 1.88 bits per heavy atom. The molecule has 0 amide bonds. The molecule has 3 aliphatic rings. The molecule has 0 N–H and O–H groups in total. The van der Waals surface area contributed by atoms with E-state index in [9.17, 15) is 4.79 Å². The largest absolute Gasteiger partial charge is 0.298 e. The number of fused-ring (bicyclic) bond motifs is 1. The average Bonchev–Trinajstić information content (AvgIpc) is 2.31. The summed E-state index contributed by atoms with van der Waals surface area (Å²) in [5, 5.41) is 0. The standard InChI is InChI=1S/C16H24O/c1-14(2)7-8-16-10-15(3,4)12(13(16)17)6-5-11(16)9-14/h9,12H,5-8,10H2,1-4H3. The van der Waals surface area contributed by atoms with E-state index in [-0.39, 0.29) is 10.8 Å². The minimum absolute atomic E-state index is 0.0397. The number of carbonyl (C=O) groups excluding carboxylic acids is 1. The molecule has 0 heterocycles. The van der Waals surface area contributed by atoms with Crippen LogP contribution in [0.1, 0.15) is 59.8 Å². The number of Topliss-reactive ketones (excluding diaryl/α,β-unsaturated/α-hetero) is 1. The Morgan fingerprint density at radius 3 is 2.59 bits per heavy atom. The lowest BCUT2D eigenvalue weighted by Crippen LogP contribution is -2.39. The van der Waals surface area contributed by atoms with Crippen molar-refractivity contribution in [2.45, 2.75) is 59.8 Å². The van der Waals surface area contributed by atoms with Gasteiger partial charge in [0.2, 0.25) is 0 Å². The number of hydrogen-bond acceptors (Lipinski definition) is 1. The van der Waals surface area contributed by atoms with E-state index < -0.39 is 0 Å². The monoisotopic (exact) mass is 232 g/mol. The molecule has 0 aromatic rings. The highest BCUT2D eigenvalue weighted by Gasteiger charge is 2.61. The molecule has 17 heavy (non-hydrogen) atoms. The second-order valence-corrected chi connectivity index (χ2v) is 7.86. The summed E-state index contributed by atoms with van der Waals surface area (Å²) in [5.41, 5.74) is 1.98. The molecule has 0 aromatic heterocycles. The van der Waals surface area contributed by atoms with Crippen molar-refractivity contribution in [3.8, 4) is 0 Å². The van der Waals surface area contributed by atoms with Gasteiger partial charge in [-0.15, -0.1) is 0 Å². The predicted octanol–water partition coefficient (Wildman–Crippen LogP) is 4.13. The molecule has 0 aliphatic heterocycles.